The molecule has 0 bridgehead atoms. The Morgan fingerprint density at radius 2 is 1.28 bits per heavy atom. The summed E-state index contributed by atoms with van der Waals surface area (Å²) in [7, 11) is 0. The van der Waals surface area contributed by atoms with Crippen LogP contribution < -0.4 is 21.7 Å². The van der Waals surface area contributed by atoms with Crippen LogP contribution >= 0.6 is 25.3 Å². The van der Waals surface area contributed by atoms with E-state index >= 15 is 0 Å². The van der Waals surface area contributed by atoms with Crippen LogP contribution in [0.4, 0.5) is 0 Å². The standard InChI is InChI=1S/C16H28N4O7S2/c1-7(2)3-9(14(24)20-11(6-29)16(26)27)18-15(25)10(5-28)19-13(23)8(17)4-12(21)22/h7-11,28-29H,3-6,17H2,1-2H3,(H,18,25)(H,19,23)(H,20,24)(H,21,22)(H,26,27). The summed E-state index contributed by atoms with van der Waals surface area (Å²) < 4.78 is 0. The Balaban J connectivity index is 5.17. The van der Waals surface area contributed by atoms with Gasteiger partial charge in [-0.2, -0.15) is 25.3 Å². The molecule has 0 saturated heterocycles. The zero-order valence-corrected chi connectivity index (χ0v) is 17.9. The number of nitrogens with one attached hydrogen (secondary N) is 3. The maximum absolute atomic E-state index is 12.5. The van der Waals surface area contributed by atoms with Gasteiger partial charge in [-0.25, -0.2) is 4.79 Å². The van der Waals surface area contributed by atoms with E-state index < -0.39 is 60.2 Å². The predicted molar refractivity (Wildman–Crippen MR) is 111 cm³/mol. The molecule has 0 radical (unpaired) electrons. The van der Waals surface area contributed by atoms with Gasteiger partial charge in [0.15, 0.2) is 0 Å². The fraction of sp³-hybridized carbons (Fsp3) is 0.688. The molecule has 11 nitrogen and oxygen atoms in total. The first kappa shape index (κ1) is 27.0. The molecule has 0 aromatic heterocycles. The minimum absolute atomic E-state index is 0.0154. The van der Waals surface area contributed by atoms with Crippen molar-refractivity contribution in [3.63, 3.8) is 0 Å². The van der Waals surface area contributed by atoms with Gasteiger partial charge in [-0.05, 0) is 12.3 Å². The number of thiol groups is 2. The summed E-state index contributed by atoms with van der Waals surface area (Å²) in [5, 5.41) is 24.8. The highest BCUT2D eigenvalue weighted by Gasteiger charge is 2.30. The number of rotatable bonds is 13. The van der Waals surface area contributed by atoms with E-state index in [-0.39, 0.29) is 23.8 Å². The molecule has 29 heavy (non-hydrogen) atoms. The van der Waals surface area contributed by atoms with Crippen LogP contribution in [0.25, 0.3) is 0 Å². The molecule has 0 rings (SSSR count). The van der Waals surface area contributed by atoms with Gasteiger partial charge in [0.05, 0.1) is 12.5 Å². The molecule has 3 amide bonds. The van der Waals surface area contributed by atoms with E-state index in [9.17, 15) is 24.0 Å². The topological polar surface area (TPSA) is 188 Å². The van der Waals surface area contributed by atoms with Crippen molar-refractivity contribution in [2.75, 3.05) is 11.5 Å². The van der Waals surface area contributed by atoms with Crippen molar-refractivity contribution in [2.24, 2.45) is 11.7 Å². The van der Waals surface area contributed by atoms with Crippen molar-refractivity contribution in [3.05, 3.63) is 0 Å². The molecule has 0 aliphatic carbocycles. The van der Waals surface area contributed by atoms with E-state index in [4.69, 9.17) is 15.9 Å². The van der Waals surface area contributed by atoms with Crippen molar-refractivity contribution in [3.8, 4) is 0 Å². The average molecular weight is 453 g/mol. The molecule has 0 heterocycles. The van der Waals surface area contributed by atoms with Crippen LogP contribution in [-0.2, 0) is 24.0 Å². The SMILES string of the molecule is CC(C)CC(NC(=O)C(CS)NC(=O)C(N)CC(=O)O)C(=O)NC(CS)C(=O)O. The summed E-state index contributed by atoms with van der Waals surface area (Å²) >= 11 is 7.86. The highest BCUT2D eigenvalue weighted by atomic mass is 32.1. The van der Waals surface area contributed by atoms with E-state index in [1.54, 1.807) is 0 Å². The van der Waals surface area contributed by atoms with Crippen LogP contribution in [0.3, 0.4) is 0 Å². The first-order valence-corrected chi connectivity index (χ1v) is 10.0. The molecule has 0 spiro atoms. The van der Waals surface area contributed by atoms with Crippen LogP contribution in [0.1, 0.15) is 26.7 Å². The van der Waals surface area contributed by atoms with Crippen molar-refractivity contribution >= 4 is 54.9 Å². The van der Waals surface area contributed by atoms with Crippen molar-refractivity contribution in [1.82, 2.24) is 16.0 Å². The largest absolute Gasteiger partial charge is 0.481 e. The van der Waals surface area contributed by atoms with Gasteiger partial charge < -0.3 is 31.9 Å². The number of carboxylic acid groups (broad SMARTS) is 2. The van der Waals surface area contributed by atoms with Gasteiger partial charge in [-0.15, -0.1) is 0 Å². The van der Waals surface area contributed by atoms with Gasteiger partial charge >= 0.3 is 11.9 Å². The van der Waals surface area contributed by atoms with Gasteiger partial charge in [0.1, 0.15) is 18.1 Å². The number of carbonyl (C=O) groups excluding carboxylic acids is 3. The Kier molecular flexibility index (Phi) is 12.4. The minimum Gasteiger partial charge on any atom is -0.481 e. The minimum atomic E-state index is -1.36. The maximum Gasteiger partial charge on any atom is 0.327 e. The van der Waals surface area contributed by atoms with Crippen LogP contribution in [-0.4, -0.2) is 75.5 Å². The van der Waals surface area contributed by atoms with Crippen LogP contribution in [0, 0.1) is 5.92 Å². The lowest BCUT2D eigenvalue weighted by Gasteiger charge is -2.25. The first-order chi connectivity index (χ1) is 13.4. The first-order valence-electron chi connectivity index (χ1n) is 8.75. The lowest BCUT2D eigenvalue weighted by Crippen LogP contribution is -2.58. The lowest BCUT2D eigenvalue weighted by molar-refractivity contribution is -0.141. The Morgan fingerprint density at radius 3 is 1.69 bits per heavy atom. The molecule has 4 unspecified atom stereocenters. The number of hydrogen-bond donors (Lipinski definition) is 8. The maximum atomic E-state index is 12.5. The van der Waals surface area contributed by atoms with Crippen LogP contribution in [0.2, 0.25) is 0 Å². The molecule has 166 valence electrons. The molecule has 7 N–H and O–H groups in total. The van der Waals surface area contributed by atoms with Gasteiger partial charge in [0.2, 0.25) is 17.7 Å². The van der Waals surface area contributed by atoms with Gasteiger partial charge in [-0.1, -0.05) is 13.8 Å². The van der Waals surface area contributed by atoms with Gasteiger partial charge in [-0.3, -0.25) is 19.2 Å². The third kappa shape index (κ3) is 10.4. The normalized spacial score (nSPS) is 15.0. The molecule has 13 heteroatoms. The Hall–Kier alpha value is -1.99. The second-order valence-electron chi connectivity index (χ2n) is 6.72. The zero-order valence-electron chi connectivity index (χ0n) is 16.1. The number of hydrogen-bond acceptors (Lipinski definition) is 8. The Labute approximate surface area is 179 Å². The van der Waals surface area contributed by atoms with E-state index in [2.05, 4.69) is 41.2 Å². The third-order valence-corrected chi connectivity index (χ3v) is 4.41. The molecule has 0 aliphatic heterocycles. The van der Waals surface area contributed by atoms with E-state index in [1.165, 1.54) is 0 Å². The summed E-state index contributed by atoms with van der Waals surface area (Å²) in [5.41, 5.74) is 5.46. The number of nitrogens with two attached hydrogens (primary N) is 1. The number of carbonyl (C=O) groups is 5. The monoisotopic (exact) mass is 452 g/mol. The van der Waals surface area contributed by atoms with E-state index in [1.807, 2.05) is 13.8 Å². The van der Waals surface area contributed by atoms with E-state index in [0.717, 1.165) is 0 Å². The van der Waals surface area contributed by atoms with Crippen LogP contribution in [0.5, 0.6) is 0 Å². The fourth-order valence-corrected chi connectivity index (χ4v) is 2.69. The van der Waals surface area contributed by atoms with E-state index in [0.29, 0.717) is 0 Å². The quantitative estimate of drug-likeness (QED) is 0.151. The summed E-state index contributed by atoms with van der Waals surface area (Å²) in [5.74, 6) is -5.14. The lowest BCUT2D eigenvalue weighted by atomic mass is 10.0. The second-order valence-corrected chi connectivity index (χ2v) is 7.45. The molecule has 0 fully saturated rings. The fourth-order valence-electron chi connectivity index (χ4n) is 2.19. The van der Waals surface area contributed by atoms with Crippen molar-refractivity contribution in [1.29, 1.82) is 0 Å². The highest BCUT2D eigenvalue weighted by Crippen LogP contribution is 2.07. The molecule has 0 aromatic rings. The number of carboxylic acids is 2. The molecule has 0 aliphatic rings. The molecular formula is C16H28N4O7S2. The molecular weight excluding hydrogens is 424 g/mol. The Morgan fingerprint density at radius 1 is 0.828 bits per heavy atom. The molecule has 0 saturated carbocycles. The summed E-state index contributed by atoms with van der Waals surface area (Å²) in [4.78, 5) is 58.6. The van der Waals surface area contributed by atoms with Gasteiger partial charge in [0.25, 0.3) is 0 Å². The number of aliphatic carboxylic acids is 2. The smallest absolute Gasteiger partial charge is 0.327 e. The Bertz CT molecular complexity index is 618. The second kappa shape index (κ2) is 13.3. The zero-order chi connectivity index (χ0) is 22.7. The average Bonchev–Trinajstić information content (AvgIpc) is 2.61. The molecule has 0 aromatic carbocycles. The summed E-state index contributed by atoms with van der Waals surface area (Å²) in [6, 6.07) is -4.82. The number of amides is 3. The summed E-state index contributed by atoms with van der Waals surface area (Å²) in [6.45, 7) is 3.62. The molecule has 4 atom stereocenters. The van der Waals surface area contributed by atoms with Gasteiger partial charge in [0, 0.05) is 11.5 Å². The summed E-state index contributed by atoms with van der Waals surface area (Å²) in [6.07, 6.45) is -0.409. The van der Waals surface area contributed by atoms with Crippen LogP contribution in [0.15, 0.2) is 0 Å². The highest BCUT2D eigenvalue weighted by molar-refractivity contribution is 7.80. The third-order valence-electron chi connectivity index (χ3n) is 3.68. The van der Waals surface area contributed by atoms with Crippen molar-refractivity contribution < 1.29 is 34.2 Å². The predicted octanol–water partition coefficient (Wildman–Crippen LogP) is -1.77. The van der Waals surface area contributed by atoms with Crippen molar-refractivity contribution in [2.45, 2.75) is 50.9 Å².